The predicted octanol–water partition coefficient (Wildman–Crippen LogP) is 4.55. The first-order valence-corrected chi connectivity index (χ1v) is 13.7. The zero-order valence-corrected chi connectivity index (χ0v) is 20.7. The molecule has 4 rings (SSSR count). The maximum absolute atomic E-state index is 13.6. The Morgan fingerprint density at radius 3 is 2.03 bits per heavy atom. The number of carbonyl (C=O) groups excluding carboxylic acids is 1. The number of ether oxygens (including phenoxy) is 1. The van der Waals surface area contributed by atoms with Gasteiger partial charge in [0.2, 0.25) is 10.0 Å². The summed E-state index contributed by atoms with van der Waals surface area (Å²) in [5, 5.41) is 0. The van der Waals surface area contributed by atoms with Crippen LogP contribution in [0.4, 0.5) is 0 Å². The number of hydrogen-bond donors (Lipinski definition) is 0. The first-order valence-electron chi connectivity index (χ1n) is 12.2. The summed E-state index contributed by atoms with van der Waals surface area (Å²) in [5.74, 6) is 1.60. The number of benzene rings is 1. The van der Waals surface area contributed by atoms with Crippen molar-refractivity contribution in [3.63, 3.8) is 0 Å². The molecule has 0 N–H and O–H groups in total. The lowest BCUT2D eigenvalue weighted by molar-refractivity contribution is 0.0592. The Bertz CT molecular complexity index is 925. The molecule has 0 bridgehead atoms. The highest BCUT2D eigenvalue weighted by molar-refractivity contribution is 7.89. The molecule has 6 nitrogen and oxygen atoms in total. The summed E-state index contributed by atoms with van der Waals surface area (Å²) in [5.41, 5.74) is 0.452. The van der Waals surface area contributed by atoms with Crippen LogP contribution < -0.4 is 4.74 Å². The third-order valence-corrected chi connectivity index (χ3v) is 9.27. The van der Waals surface area contributed by atoms with E-state index in [0.717, 1.165) is 50.9 Å². The Morgan fingerprint density at radius 2 is 1.50 bits per heavy atom. The van der Waals surface area contributed by atoms with Gasteiger partial charge in [-0.25, -0.2) is 8.42 Å². The average Bonchev–Trinajstić information content (AvgIpc) is 3.59. The van der Waals surface area contributed by atoms with Gasteiger partial charge in [0, 0.05) is 30.7 Å². The van der Waals surface area contributed by atoms with Crippen LogP contribution in [0.25, 0.3) is 0 Å². The van der Waals surface area contributed by atoms with Gasteiger partial charge in [0.05, 0.1) is 7.11 Å². The molecule has 2 atom stereocenters. The van der Waals surface area contributed by atoms with Crippen LogP contribution in [0.15, 0.2) is 23.1 Å². The van der Waals surface area contributed by atoms with Crippen molar-refractivity contribution in [2.24, 2.45) is 17.8 Å². The summed E-state index contributed by atoms with van der Waals surface area (Å²) in [7, 11) is -2.27. The SMILES string of the molecule is COc1ccc(C(=O)N(C2CCC(C)CC2)C2CC2)cc1S(=O)(=O)N1CC(C)CC(C)C1. The third kappa shape index (κ3) is 4.84. The molecule has 3 fully saturated rings. The highest BCUT2D eigenvalue weighted by Crippen LogP contribution is 2.38. The first kappa shape index (κ1) is 23.6. The molecule has 2 saturated carbocycles. The van der Waals surface area contributed by atoms with Crippen LogP contribution in [-0.2, 0) is 10.0 Å². The second-order valence-electron chi connectivity index (χ2n) is 10.5. The fraction of sp³-hybridized carbons (Fsp3) is 0.720. The topological polar surface area (TPSA) is 66.9 Å². The Hall–Kier alpha value is -1.60. The van der Waals surface area contributed by atoms with Gasteiger partial charge < -0.3 is 9.64 Å². The number of amides is 1. The number of carbonyl (C=O) groups is 1. The van der Waals surface area contributed by atoms with Gasteiger partial charge in [-0.3, -0.25) is 4.79 Å². The molecule has 1 amide bonds. The van der Waals surface area contributed by atoms with Crippen molar-refractivity contribution in [1.29, 1.82) is 0 Å². The van der Waals surface area contributed by atoms with Gasteiger partial charge >= 0.3 is 0 Å². The minimum Gasteiger partial charge on any atom is -0.495 e. The Balaban J connectivity index is 1.64. The van der Waals surface area contributed by atoms with E-state index >= 15 is 0 Å². The van der Waals surface area contributed by atoms with Crippen molar-refractivity contribution in [3.05, 3.63) is 23.8 Å². The molecule has 0 radical (unpaired) electrons. The van der Waals surface area contributed by atoms with Crippen molar-refractivity contribution >= 4 is 15.9 Å². The van der Waals surface area contributed by atoms with E-state index in [1.807, 2.05) is 0 Å². The minimum atomic E-state index is -3.75. The number of sulfonamides is 1. The zero-order chi connectivity index (χ0) is 23.0. The zero-order valence-electron chi connectivity index (χ0n) is 19.9. The van der Waals surface area contributed by atoms with Gasteiger partial charge in [-0.15, -0.1) is 0 Å². The van der Waals surface area contributed by atoms with Gasteiger partial charge in [0.25, 0.3) is 5.91 Å². The summed E-state index contributed by atoms with van der Waals surface area (Å²) in [4.78, 5) is 15.8. The number of nitrogens with zero attached hydrogens (tertiary/aromatic N) is 2. The van der Waals surface area contributed by atoms with Crippen LogP contribution in [0.2, 0.25) is 0 Å². The van der Waals surface area contributed by atoms with E-state index in [1.54, 1.807) is 22.5 Å². The number of hydrogen-bond acceptors (Lipinski definition) is 4. The monoisotopic (exact) mass is 462 g/mol. The van der Waals surface area contributed by atoms with E-state index in [9.17, 15) is 13.2 Å². The number of rotatable bonds is 6. The molecule has 32 heavy (non-hydrogen) atoms. The average molecular weight is 463 g/mol. The maximum Gasteiger partial charge on any atom is 0.254 e. The lowest BCUT2D eigenvalue weighted by Crippen LogP contribution is -2.44. The molecule has 2 unspecified atom stereocenters. The summed E-state index contributed by atoms with van der Waals surface area (Å²) in [6, 6.07) is 5.48. The molecule has 1 aliphatic heterocycles. The molecule has 1 aromatic rings. The first-order chi connectivity index (χ1) is 15.2. The molecular formula is C25H38N2O4S. The van der Waals surface area contributed by atoms with Crippen LogP contribution in [0.3, 0.4) is 0 Å². The van der Waals surface area contributed by atoms with E-state index in [1.165, 1.54) is 7.11 Å². The largest absolute Gasteiger partial charge is 0.495 e. The van der Waals surface area contributed by atoms with E-state index in [0.29, 0.717) is 42.3 Å². The van der Waals surface area contributed by atoms with E-state index < -0.39 is 10.0 Å². The summed E-state index contributed by atoms with van der Waals surface area (Å²) in [6.45, 7) is 7.47. The van der Waals surface area contributed by atoms with Crippen molar-refractivity contribution in [1.82, 2.24) is 9.21 Å². The molecule has 1 aromatic carbocycles. The quantitative estimate of drug-likeness (QED) is 0.622. The number of piperidine rings is 1. The molecule has 2 aliphatic carbocycles. The summed E-state index contributed by atoms with van der Waals surface area (Å²) >= 11 is 0. The lowest BCUT2D eigenvalue weighted by atomic mass is 9.86. The van der Waals surface area contributed by atoms with E-state index in [2.05, 4.69) is 25.7 Å². The standard InChI is InChI=1S/C25H38N2O4S/c1-17-5-8-21(9-6-17)27(22-10-11-22)25(28)20-7-12-23(31-4)24(14-20)32(29,30)26-15-18(2)13-19(3)16-26/h7,12,14,17-19,21-22H,5-6,8-11,13,15-16H2,1-4H3. The summed E-state index contributed by atoms with van der Waals surface area (Å²) in [6.07, 6.45) is 7.48. The Labute approximate surface area is 193 Å². The fourth-order valence-electron chi connectivity index (χ4n) is 5.60. The van der Waals surface area contributed by atoms with Crippen molar-refractivity contribution in [3.8, 4) is 5.75 Å². The van der Waals surface area contributed by atoms with Crippen molar-refractivity contribution < 1.29 is 17.9 Å². The van der Waals surface area contributed by atoms with Gasteiger partial charge in [-0.1, -0.05) is 20.8 Å². The third-order valence-electron chi connectivity index (χ3n) is 7.42. The molecule has 7 heteroatoms. The molecule has 0 spiro atoms. The Morgan fingerprint density at radius 1 is 0.938 bits per heavy atom. The van der Waals surface area contributed by atoms with Crippen LogP contribution in [0.1, 0.15) is 76.1 Å². The lowest BCUT2D eigenvalue weighted by Gasteiger charge is -2.37. The highest BCUT2D eigenvalue weighted by atomic mass is 32.2. The highest BCUT2D eigenvalue weighted by Gasteiger charge is 2.40. The minimum absolute atomic E-state index is 0.0356. The predicted molar refractivity (Wildman–Crippen MR) is 125 cm³/mol. The van der Waals surface area contributed by atoms with Gasteiger partial charge in [-0.05, 0) is 80.9 Å². The van der Waals surface area contributed by atoms with Gasteiger partial charge in [0.15, 0.2) is 0 Å². The van der Waals surface area contributed by atoms with E-state index in [-0.39, 0.29) is 16.8 Å². The van der Waals surface area contributed by atoms with Crippen LogP contribution in [0, 0.1) is 17.8 Å². The molecular weight excluding hydrogens is 424 g/mol. The van der Waals surface area contributed by atoms with Crippen LogP contribution in [0.5, 0.6) is 5.75 Å². The maximum atomic E-state index is 13.6. The van der Waals surface area contributed by atoms with Gasteiger partial charge in [0.1, 0.15) is 10.6 Å². The molecule has 1 heterocycles. The van der Waals surface area contributed by atoms with Crippen LogP contribution in [-0.4, -0.2) is 55.8 Å². The molecule has 0 aromatic heterocycles. The van der Waals surface area contributed by atoms with Crippen molar-refractivity contribution in [2.75, 3.05) is 20.2 Å². The molecule has 1 saturated heterocycles. The number of methoxy groups -OCH3 is 1. The van der Waals surface area contributed by atoms with Gasteiger partial charge in [-0.2, -0.15) is 4.31 Å². The smallest absolute Gasteiger partial charge is 0.254 e. The van der Waals surface area contributed by atoms with E-state index in [4.69, 9.17) is 4.74 Å². The van der Waals surface area contributed by atoms with Crippen molar-refractivity contribution in [2.45, 2.75) is 82.7 Å². The molecule has 3 aliphatic rings. The second-order valence-corrected chi connectivity index (χ2v) is 12.4. The normalized spacial score (nSPS) is 29.5. The Kier molecular flexibility index (Phi) is 6.87. The summed E-state index contributed by atoms with van der Waals surface area (Å²) < 4.78 is 34.2. The fourth-order valence-corrected chi connectivity index (χ4v) is 7.47. The van der Waals surface area contributed by atoms with Crippen LogP contribution >= 0.6 is 0 Å². The second kappa shape index (κ2) is 9.34. The molecule has 178 valence electrons.